The molecule has 1 aromatic heterocycles. The second kappa shape index (κ2) is 5.89. The van der Waals surface area contributed by atoms with Crippen molar-refractivity contribution in [1.82, 2.24) is 9.97 Å². The van der Waals surface area contributed by atoms with Gasteiger partial charge in [0.2, 0.25) is 0 Å². The molecular formula is C9H9F3N2O3S. The molecular weight excluding hydrogens is 273 g/mol. The van der Waals surface area contributed by atoms with Crippen LogP contribution in [0.2, 0.25) is 0 Å². The highest BCUT2D eigenvalue weighted by atomic mass is 32.2. The lowest BCUT2D eigenvalue weighted by Gasteiger charge is -2.06. The molecule has 0 spiro atoms. The van der Waals surface area contributed by atoms with Crippen LogP contribution in [0, 0.1) is 0 Å². The van der Waals surface area contributed by atoms with Crippen LogP contribution in [-0.4, -0.2) is 28.3 Å². The molecule has 5 nitrogen and oxygen atoms in total. The lowest BCUT2D eigenvalue weighted by Crippen LogP contribution is -2.17. The second-order valence-electron chi connectivity index (χ2n) is 3.03. The number of hydrogen-bond acceptors (Lipinski definition) is 5. The fourth-order valence-corrected chi connectivity index (χ4v) is 1.65. The normalized spacial score (nSPS) is 11.3. The van der Waals surface area contributed by atoms with Gasteiger partial charge in [-0.1, -0.05) is 11.8 Å². The van der Waals surface area contributed by atoms with Crippen molar-refractivity contribution in [1.29, 1.82) is 0 Å². The quantitative estimate of drug-likeness (QED) is 0.514. The zero-order valence-electron chi connectivity index (χ0n) is 9.21. The van der Waals surface area contributed by atoms with Crippen molar-refractivity contribution in [2.75, 3.05) is 12.4 Å². The van der Waals surface area contributed by atoms with Crippen molar-refractivity contribution >= 4 is 17.7 Å². The molecule has 0 saturated heterocycles. The first-order valence-electron chi connectivity index (χ1n) is 4.80. The third kappa shape index (κ3) is 4.40. The first-order valence-corrected chi connectivity index (χ1v) is 5.78. The van der Waals surface area contributed by atoms with E-state index in [1.807, 2.05) is 0 Å². The van der Waals surface area contributed by atoms with Gasteiger partial charge in [-0.15, -0.1) is 0 Å². The molecule has 0 aliphatic rings. The van der Waals surface area contributed by atoms with Gasteiger partial charge < -0.3 is 9.72 Å². The van der Waals surface area contributed by atoms with E-state index in [1.54, 1.807) is 6.92 Å². The summed E-state index contributed by atoms with van der Waals surface area (Å²) in [5.41, 5.74) is -2.22. The number of alkyl halides is 3. The van der Waals surface area contributed by atoms with Gasteiger partial charge in [0.25, 0.3) is 5.56 Å². The Morgan fingerprint density at radius 3 is 2.78 bits per heavy atom. The van der Waals surface area contributed by atoms with E-state index < -0.39 is 23.4 Å². The predicted octanol–water partition coefficient (Wildman–Crippen LogP) is 1.44. The van der Waals surface area contributed by atoms with E-state index in [9.17, 15) is 22.8 Å². The van der Waals surface area contributed by atoms with E-state index in [0.29, 0.717) is 17.8 Å². The highest BCUT2D eigenvalue weighted by Gasteiger charge is 2.33. The minimum atomic E-state index is -4.70. The molecule has 1 heterocycles. The van der Waals surface area contributed by atoms with E-state index in [1.165, 1.54) is 0 Å². The van der Waals surface area contributed by atoms with Crippen molar-refractivity contribution in [3.8, 4) is 0 Å². The number of carbonyl (C=O) groups is 1. The molecule has 0 atom stereocenters. The summed E-state index contributed by atoms with van der Waals surface area (Å²) in [7, 11) is 0. The van der Waals surface area contributed by atoms with Gasteiger partial charge in [0, 0.05) is 6.07 Å². The molecule has 0 fully saturated rings. The highest BCUT2D eigenvalue weighted by molar-refractivity contribution is 7.99. The summed E-state index contributed by atoms with van der Waals surface area (Å²) in [4.78, 5) is 27.3. The molecule has 0 saturated carbocycles. The molecule has 0 unspecified atom stereocenters. The molecule has 1 N–H and O–H groups in total. The monoisotopic (exact) mass is 282 g/mol. The van der Waals surface area contributed by atoms with Gasteiger partial charge in [0.15, 0.2) is 10.9 Å². The predicted molar refractivity (Wildman–Crippen MR) is 57.2 cm³/mol. The second-order valence-corrected chi connectivity index (χ2v) is 3.99. The maximum absolute atomic E-state index is 12.4. The number of aromatic amines is 1. The number of H-pyrrole nitrogens is 1. The molecule has 1 rings (SSSR count). The number of rotatable bonds is 4. The molecule has 9 heteroatoms. The van der Waals surface area contributed by atoms with Gasteiger partial charge in [-0.25, -0.2) is 4.98 Å². The van der Waals surface area contributed by atoms with Crippen LogP contribution in [-0.2, 0) is 15.7 Å². The van der Waals surface area contributed by atoms with Gasteiger partial charge >= 0.3 is 12.1 Å². The maximum Gasteiger partial charge on any atom is 0.433 e. The largest absolute Gasteiger partial charge is 0.465 e. The summed E-state index contributed by atoms with van der Waals surface area (Å²) in [6.45, 7) is 1.78. The summed E-state index contributed by atoms with van der Waals surface area (Å²) in [5.74, 6) is -0.819. The zero-order chi connectivity index (χ0) is 13.8. The molecule has 100 valence electrons. The van der Waals surface area contributed by atoms with Crippen LogP contribution in [0.5, 0.6) is 0 Å². The number of nitrogens with one attached hydrogen (secondary N) is 1. The number of aromatic nitrogens is 2. The topological polar surface area (TPSA) is 72.0 Å². The van der Waals surface area contributed by atoms with Gasteiger partial charge in [-0.05, 0) is 6.92 Å². The Bertz CT molecular complexity index is 487. The standard InChI is InChI=1S/C9H9F3N2O3S/c1-2-17-7(16)4-18-8-13-5(9(10,11)12)3-6(15)14-8/h3H,2,4H2,1H3,(H,13,14,15). The number of esters is 1. The first kappa shape index (κ1) is 14.6. The molecule has 0 aliphatic carbocycles. The van der Waals surface area contributed by atoms with E-state index >= 15 is 0 Å². The summed E-state index contributed by atoms with van der Waals surface area (Å²) >= 11 is 0.672. The third-order valence-electron chi connectivity index (χ3n) is 1.64. The van der Waals surface area contributed by atoms with Crippen molar-refractivity contribution < 1.29 is 22.7 Å². The number of nitrogens with zero attached hydrogens (tertiary/aromatic N) is 1. The number of thioether (sulfide) groups is 1. The van der Waals surface area contributed by atoms with E-state index in [0.717, 1.165) is 0 Å². The zero-order valence-corrected chi connectivity index (χ0v) is 10.0. The minimum Gasteiger partial charge on any atom is -0.465 e. The van der Waals surface area contributed by atoms with Gasteiger partial charge in [-0.3, -0.25) is 9.59 Å². The van der Waals surface area contributed by atoms with Crippen molar-refractivity contribution in [2.24, 2.45) is 0 Å². The SMILES string of the molecule is CCOC(=O)CSc1nc(C(F)(F)F)cc(=O)[nH]1. The summed E-state index contributed by atoms with van der Waals surface area (Å²) < 4.78 is 41.6. The smallest absolute Gasteiger partial charge is 0.433 e. The maximum atomic E-state index is 12.4. The van der Waals surface area contributed by atoms with Crippen LogP contribution in [0.3, 0.4) is 0 Å². The van der Waals surface area contributed by atoms with E-state index in [4.69, 9.17) is 0 Å². The molecule has 18 heavy (non-hydrogen) atoms. The Balaban J connectivity index is 2.81. The Morgan fingerprint density at radius 2 is 2.22 bits per heavy atom. The van der Waals surface area contributed by atoms with Crippen LogP contribution >= 0.6 is 11.8 Å². The Kier molecular flexibility index (Phi) is 4.76. The van der Waals surface area contributed by atoms with Crippen LogP contribution in [0.1, 0.15) is 12.6 Å². The van der Waals surface area contributed by atoms with Crippen LogP contribution < -0.4 is 5.56 Å². The fraction of sp³-hybridized carbons (Fsp3) is 0.444. The molecule has 0 amide bonds. The minimum absolute atomic E-state index is 0.173. The summed E-state index contributed by atoms with van der Waals surface area (Å²) in [5, 5.41) is -0.275. The summed E-state index contributed by atoms with van der Waals surface area (Å²) in [6.07, 6.45) is -4.70. The van der Waals surface area contributed by atoms with Crippen LogP contribution in [0.25, 0.3) is 0 Å². The molecule has 0 radical (unpaired) electrons. The number of hydrogen-bond donors (Lipinski definition) is 1. The Labute approximate surface area is 104 Å². The molecule has 0 aromatic carbocycles. The lowest BCUT2D eigenvalue weighted by atomic mass is 10.4. The molecule has 1 aromatic rings. The number of ether oxygens (including phenoxy) is 1. The summed E-state index contributed by atoms with van der Waals surface area (Å²) in [6, 6.07) is 0.356. The highest BCUT2D eigenvalue weighted by Crippen LogP contribution is 2.27. The Hall–Kier alpha value is -1.51. The first-order chi connectivity index (χ1) is 8.32. The average Bonchev–Trinajstić information content (AvgIpc) is 2.25. The van der Waals surface area contributed by atoms with Crippen molar-refractivity contribution in [3.05, 3.63) is 22.1 Å². The van der Waals surface area contributed by atoms with Gasteiger partial charge in [0.1, 0.15) is 0 Å². The van der Waals surface area contributed by atoms with Crippen LogP contribution in [0.4, 0.5) is 13.2 Å². The number of carbonyl (C=O) groups excluding carboxylic acids is 1. The Morgan fingerprint density at radius 1 is 1.56 bits per heavy atom. The third-order valence-corrected chi connectivity index (χ3v) is 2.49. The number of halogens is 3. The van der Waals surface area contributed by atoms with Gasteiger partial charge in [-0.2, -0.15) is 13.2 Å². The fourth-order valence-electron chi connectivity index (χ4n) is 0.979. The van der Waals surface area contributed by atoms with E-state index in [2.05, 4.69) is 14.7 Å². The van der Waals surface area contributed by atoms with E-state index in [-0.39, 0.29) is 17.5 Å². The lowest BCUT2D eigenvalue weighted by molar-refractivity contribution is -0.141. The molecule has 0 bridgehead atoms. The van der Waals surface area contributed by atoms with Crippen molar-refractivity contribution in [3.63, 3.8) is 0 Å². The van der Waals surface area contributed by atoms with Crippen molar-refractivity contribution in [2.45, 2.75) is 18.3 Å². The van der Waals surface area contributed by atoms with Crippen LogP contribution in [0.15, 0.2) is 16.0 Å². The van der Waals surface area contributed by atoms with Gasteiger partial charge in [0.05, 0.1) is 12.4 Å². The average molecular weight is 282 g/mol. The molecule has 0 aliphatic heterocycles.